The second-order valence-electron chi connectivity index (χ2n) is 4.59. The van der Waals surface area contributed by atoms with E-state index in [9.17, 15) is 0 Å². The average Bonchev–Trinajstić information content (AvgIpc) is 2.46. The van der Waals surface area contributed by atoms with Gasteiger partial charge in [0, 0.05) is 11.8 Å². The number of hydrogen-bond acceptors (Lipinski definition) is 1. The van der Waals surface area contributed by atoms with E-state index in [1.165, 1.54) is 22.5 Å². The number of rotatable bonds is 1. The largest absolute Gasteiger partial charge is 0.497 e. The van der Waals surface area contributed by atoms with Crippen LogP contribution < -0.4 is 0 Å². The molecule has 0 bridgehead atoms. The molecule has 1 heteroatoms. The molecule has 0 aromatic carbocycles. The van der Waals surface area contributed by atoms with Gasteiger partial charge < -0.3 is 4.74 Å². The van der Waals surface area contributed by atoms with Gasteiger partial charge in [0.1, 0.15) is 5.76 Å². The summed E-state index contributed by atoms with van der Waals surface area (Å²) >= 11 is 0. The van der Waals surface area contributed by atoms with Crippen LogP contribution in [0.3, 0.4) is 0 Å². The minimum absolute atomic E-state index is 0.602. The molecule has 2 atom stereocenters. The van der Waals surface area contributed by atoms with Gasteiger partial charge in [-0.25, -0.2) is 0 Å². The second-order valence-corrected chi connectivity index (χ2v) is 4.59. The van der Waals surface area contributed by atoms with Crippen LogP contribution in [0.4, 0.5) is 0 Å². The Kier molecular flexibility index (Phi) is 2.26. The Hall–Kier alpha value is -0.980. The highest BCUT2D eigenvalue weighted by atomic mass is 16.5. The molecule has 1 nitrogen and oxygen atoms in total. The van der Waals surface area contributed by atoms with Gasteiger partial charge in [-0.1, -0.05) is 19.1 Å². The fourth-order valence-corrected chi connectivity index (χ4v) is 2.37. The number of allylic oxidation sites excluding steroid dienone is 5. The molecule has 0 radical (unpaired) electrons. The zero-order chi connectivity index (χ0) is 10.3. The van der Waals surface area contributed by atoms with Crippen LogP contribution in [0.1, 0.15) is 27.2 Å². The fraction of sp³-hybridized carbons (Fsp3) is 0.538. The molecule has 1 heterocycles. The Bertz CT molecular complexity index is 333. The molecule has 14 heavy (non-hydrogen) atoms. The first-order valence-corrected chi connectivity index (χ1v) is 5.29. The maximum atomic E-state index is 5.66. The van der Waals surface area contributed by atoms with Crippen molar-refractivity contribution < 1.29 is 4.74 Å². The third-order valence-corrected chi connectivity index (χ3v) is 3.34. The predicted octanol–water partition coefficient (Wildman–Crippen LogP) is 3.45. The Morgan fingerprint density at radius 2 is 2.29 bits per heavy atom. The summed E-state index contributed by atoms with van der Waals surface area (Å²) < 4.78 is 5.66. The third kappa shape index (κ3) is 1.41. The lowest BCUT2D eigenvalue weighted by Gasteiger charge is -2.22. The van der Waals surface area contributed by atoms with Crippen molar-refractivity contribution in [2.75, 3.05) is 6.61 Å². The van der Waals surface area contributed by atoms with Crippen molar-refractivity contribution in [3.05, 3.63) is 35.1 Å². The van der Waals surface area contributed by atoms with Crippen LogP contribution in [0.5, 0.6) is 0 Å². The van der Waals surface area contributed by atoms with Gasteiger partial charge >= 0.3 is 0 Å². The van der Waals surface area contributed by atoms with Crippen LogP contribution >= 0.6 is 0 Å². The maximum absolute atomic E-state index is 5.66. The van der Waals surface area contributed by atoms with E-state index in [2.05, 4.69) is 33.4 Å². The van der Waals surface area contributed by atoms with E-state index < -0.39 is 0 Å². The average molecular weight is 190 g/mol. The van der Waals surface area contributed by atoms with Crippen molar-refractivity contribution >= 4 is 0 Å². The van der Waals surface area contributed by atoms with E-state index in [0.29, 0.717) is 11.8 Å². The minimum atomic E-state index is 0.602. The Morgan fingerprint density at radius 1 is 1.57 bits per heavy atom. The molecule has 1 aliphatic carbocycles. The SMILES string of the molecule is C=C(C)C1=C(C)C=C2OC[C@@H](C)[C@H]2C1. The standard InChI is InChI=1S/C13H18O/c1-8(2)11-6-12-10(4)7-14-13(12)5-9(11)3/h5,10,12H,1,6-7H2,2-4H3/t10-,12-/m1/s1. The van der Waals surface area contributed by atoms with Gasteiger partial charge in [0.2, 0.25) is 0 Å². The second kappa shape index (κ2) is 3.30. The fourth-order valence-electron chi connectivity index (χ4n) is 2.37. The van der Waals surface area contributed by atoms with Crippen LogP contribution in [-0.4, -0.2) is 6.61 Å². The molecule has 1 fully saturated rings. The molecule has 2 rings (SSSR count). The van der Waals surface area contributed by atoms with Crippen molar-refractivity contribution in [1.29, 1.82) is 0 Å². The van der Waals surface area contributed by atoms with E-state index in [1.807, 2.05) is 0 Å². The summed E-state index contributed by atoms with van der Waals surface area (Å²) in [5.41, 5.74) is 3.96. The molecule has 1 saturated heterocycles. The van der Waals surface area contributed by atoms with Gasteiger partial charge in [-0.3, -0.25) is 0 Å². The van der Waals surface area contributed by atoms with Crippen molar-refractivity contribution in [2.24, 2.45) is 11.8 Å². The highest BCUT2D eigenvalue weighted by molar-refractivity contribution is 5.42. The van der Waals surface area contributed by atoms with Crippen LogP contribution in [0.2, 0.25) is 0 Å². The van der Waals surface area contributed by atoms with Crippen LogP contribution in [0, 0.1) is 11.8 Å². The summed E-state index contributed by atoms with van der Waals surface area (Å²) in [5.74, 6) is 2.45. The van der Waals surface area contributed by atoms with Crippen molar-refractivity contribution in [3.8, 4) is 0 Å². The summed E-state index contributed by atoms with van der Waals surface area (Å²) in [5, 5.41) is 0. The van der Waals surface area contributed by atoms with E-state index in [4.69, 9.17) is 4.74 Å². The lowest BCUT2D eigenvalue weighted by atomic mass is 9.81. The molecular weight excluding hydrogens is 172 g/mol. The van der Waals surface area contributed by atoms with Gasteiger partial charge in [0.25, 0.3) is 0 Å². The first-order valence-electron chi connectivity index (χ1n) is 5.29. The molecule has 76 valence electrons. The molecule has 0 saturated carbocycles. The highest BCUT2D eigenvalue weighted by Gasteiger charge is 2.33. The quantitative estimate of drug-likeness (QED) is 0.615. The molecule has 0 N–H and O–H groups in total. The maximum Gasteiger partial charge on any atom is 0.100 e. The third-order valence-electron chi connectivity index (χ3n) is 3.34. The van der Waals surface area contributed by atoms with E-state index in [0.717, 1.165) is 13.0 Å². The van der Waals surface area contributed by atoms with Gasteiger partial charge in [-0.15, -0.1) is 0 Å². The molecular formula is C13H18O. The van der Waals surface area contributed by atoms with Crippen LogP contribution in [0.25, 0.3) is 0 Å². The Labute approximate surface area is 86.2 Å². The summed E-state index contributed by atoms with van der Waals surface area (Å²) in [6.45, 7) is 11.4. The normalized spacial score (nSPS) is 30.9. The molecule has 0 aromatic rings. The Balaban J connectivity index is 2.32. The number of hydrogen-bond donors (Lipinski definition) is 0. The number of ether oxygens (including phenoxy) is 1. The summed E-state index contributed by atoms with van der Waals surface area (Å²) in [7, 11) is 0. The van der Waals surface area contributed by atoms with Crippen molar-refractivity contribution in [2.45, 2.75) is 27.2 Å². The monoisotopic (exact) mass is 190 g/mol. The Morgan fingerprint density at radius 3 is 2.93 bits per heavy atom. The molecule has 1 aliphatic heterocycles. The summed E-state index contributed by atoms with van der Waals surface area (Å²) in [6, 6.07) is 0. The zero-order valence-corrected chi connectivity index (χ0v) is 9.26. The first kappa shape index (κ1) is 9.57. The molecule has 2 aliphatic rings. The first-order chi connectivity index (χ1) is 6.59. The lowest BCUT2D eigenvalue weighted by molar-refractivity contribution is 0.244. The number of fused-ring (bicyclic) bond motifs is 1. The summed E-state index contributed by atoms with van der Waals surface area (Å²) in [6.07, 6.45) is 3.32. The van der Waals surface area contributed by atoms with Crippen molar-refractivity contribution in [1.82, 2.24) is 0 Å². The molecule has 0 amide bonds. The minimum Gasteiger partial charge on any atom is -0.497 e. The smallest absolute Gasteiger partial charge is 0.100 e. The van der Waals surface area contributed by atoms with E-state index in [1.54, 1.807) is 0 Å². The molecule has 0 unspecified atom stereocenters. The highest BCUT2D eigenvalue weighted by Crippen LogP contribution is 2.41. The van der Waals surface area contributed by atoms with E-state index in [-0.39, 0.29) is 0 Å². The van der Waals surface area contributed by atoms with Gasteiger partial charge in [0.15, 0.2) is 0 Å². The molecule has 0 spiro atoms. The molecule has 0 aromatic heterocycles. The topological polar surface area (TPSA) is 9.23 Å². The van der Waals surface area contributed by atoms with E-state index >= 15 is 0 Å². The lowest BCUT2D eigenvalue weighted by Crippen LogP contribution is -2.13. The van der Waals surface area contributed by atoms with Crippen LogP contribution in [0.15, 0.2) is 35.1 Å². The van der Waals surface area contributed by atoms with Gasteiger partial charge in [-0.05, 0) is 37.5 Å². The van der Waals surface area contributed by atoms with Gasteiger partial charge in [-0.2, -0.15) is 0 Å². The summed E-state index contributed by atoms with van der Waals surface area (Å²) in [4.78, 5) is 0. The predicted molar refractivity (Wildman–Crippen MR) is 58.8 cm³/mol. The van der Waals surface area contributed by atoms with Gasteiger partial charge in [0.05, 0.1) is 6.61 Å². The van der Waals surface area contributed by atoms with Crippen molar-refractivity contribution in [3.63, 3.8) is 0 Å². The van der Waals surface area contributed by atoms with Crippen LogP contribution in [-0.2, 0) is 4.74 Å². The zero-order valence-electron chi connectivity index (χ0n) is 9.26.